The molecule has 0 heterocycles. The number of aliphatic hydroxyl groups excluding tert-OH is 1. The Balaban J connectivity index is 4.23. The second-order valence-electron chi connectivity index (χ2n) is 7.13. The first-order valence-corrected chi connectivity index (χ1v) is 11.8. The van der Waals surface area contributed by atoms with Crippen molar-refractivity contribution in [3.05, 3.63) is 0 Å². The van der Waals surface area contributed by atoms with Crippen LogP contribution in [0.1, 0.15) is 80.1 Å². The van der Waals surface area contributed by atoms with Crippen LogP contribution >= 0.6 is 11.8 Å². The molecular weight excluding hydrogens is 346 g/mol. The lowest BCUT2D eigenvalue weighted by Gasteiger charge is -2.34. The summed E-state index contributed by atoms with van der Waals surface area (Å²) in [6, 6.07) is 0. The van der Waals surface area contributed by atoms with Crippen molar-refractivity contribution in [1.82, 2.24) is 4.90 Å². The van der Waals surface area contributed by atoms with Gasteiger partial charge in [0.05, 0.1) is 31.1 Å². The Labute approximate surface area is 167 Å². The third-order valence-electron chi connectivity index (χ3n) is 5.74. The summed E-state index contributed by atoms with van der Waals surface area (Å²) in [5.74, 6) is 2.07. The van der Waals surface area contributed by atoms with Gasteiger partial charge in [0.1, 0.15) is 0 Å². The highest BCUT2D eigenvalue weighted by molar-refractivity contribution is 7.99. The van der Waals surface area contributed by atoms with E-state index < -0.39 is 0 Å². The Morgan fingerprint density at radius 3 is 1.92 bits per heavy atom. The van der Waals surface area contributed by atoms with E-state index in [0.29, 0.717) is 6.61 Å². The van der Waals surface area contributed by atoms with Gasteiger partial charge in [-0.15, -0.1) is 0 Å². The quantitative estimate of drug-likeness (QED) is 0.265. The van der Waals surface area contributed by atoms with Gasteiger partial charge in [-0.25, -0.2) is 0 Å². The summed E-state index contributed by atoms with van der Waals surface area (Å²) in [4.78, 5) is 2.38. The topological polar surface area (TPSA) is 41.9 Å². The molecule has 26 heavy (non-hydrogen) atoms. The molecule has 158 valence electrons. The van der Waals surface area contributed by atoms with Crippen molar-refractivity contribution in [2.45, 2.75) is 91.3 Å². The van der Waals surface area contributed by atoms with E-state index in [0.717, 1.165) is 63.4 Å². The molecule has 0 amide bonds. The predicted molar refractivity (Wildman–Crippen MR) is 115 cm³/mol. The summed E-state index contributed by atoms with van der Waals surface area (Å²) in [6.07, 6.45) is 6.09. The Kier molecular flexibility index (Phi) is 15.3. The third-order valence-corrected chi connectivity index (χ3v) is 6.69. The van der Waals surface area contributed by atoms with E-state index in [-0.39, 0.29) is 17.8 Å². The van der Waals surface area contributed by atoms with Crippen LogP contribution in [0.2, 0.25) is 0 Å². The second-order valence-corrected chi connectivity index (χ2v) is 8.36. The molecule has 0 spiro atoms. The van der Waals surface area contributed by atoms with Crippen molar-refractivity contribution in [3.63, 3.8) is 0 Å². The molecule has 0 aliphatic heterocycles. The summed E-state index contributed by atoms with van der Waals surface area (Å²) in [5.41, 5.74) is -0.347. The molecule has 0 aliphatic carbocycles. The fraction of sp³-hybridized carbons (Fsp3) is 1.00. The fourth-order valence-corrected chi connectivity index (χ4v) is 4.06. The van der Waals surface area contributed by atoms with Crippen molar-refractivity contribution in [3.8, 4) is 0 Å². The minimum absolute atomic E-state index is 0.00326. The van der Waals surface area contributed by atoms with Crippen molar-refractivity contribution in [2.24, 2.45) is 0 Å². The maximum Gasteiger partial charge on any atom is 0.0997 e. The van der Waals surface area contributed by atoms with E-state index >= 15 is 0 Å². The van der Waals surface area contributed by atoms with Gasteiger partial charge in [-0.3, -0.25) is 4.90 Å². The van der Waals surface area contributed by atoms with Crippen molar-refractivity contribution in [2.75, 3.05) is 44.5 Å². The van der Waals surface area contributed by atoms with E-state index in [1.807, 2.05) is 11.8 Å². The molecule has 0 aromatic carbocycles. The number of nitrogens with zero attached hydrogens (tertiary/aromatic N) is 1. The highest BCUT2D eigenvalue weighted by Crippen LogP contribution is 2.27. The summed E-state index contributed by atoms with van der Waals surface area (Å²) in [7, 11) is 0. The highest BCUT2D eigenvalue weighted by atomic mass is 32.2. The molecule has 4 nitrogen and oxygen atoms in total. The third kappa shape index (κ3) is 9.41. The molecule has 0 atom stereocenters. The van der Waals surface area contributed by atoms with Gasteiger partial charge in [0, 0.05) is 12.3 Å². The van der Waals surface area contributed by atoms with E-state index in [1.165, 1.54) is 6.42 Å². The number of hydrogen-bond acceptors (Lipinski definition) is 5. The van der Waals surface area contributed by atoms with Gasteiger partial charge in [0.2, 0.25) is 0 Å². The molecule has 1 N–H and O–H groups in total. The number of aliphatic hydroxyl groups is 1. The summed E-state index contributed by atoms with van der Waals surface area (Å²) < 4.78 is 12.4. The van der Waals surface area contributed by atoms with Gasteiger partial charge in [-0.05, 0) is 50.8 Å². The molecule has 0 unspecified atom stereocenters. The Morgan fingerprint density at radius 1 is 0.846 bits per heavy atom. The Hall–Kier alpha value is 0.190. The van der Waals surface area contributed by atoms with E-state index in [2.05, 4.69) is 46.4 Å². The highest BCUT2D eigenvalue weighted by Gasteiger charge is 2.28. The van der Waals surface area contributed by atoms with Crippen LogP contribution in [-0.4, -0.2) is 65.7 Å². The van der Waals surface area contributed by atoms with Crippen LogP contribution in [-0.2, 0) is 9.47 Å². The van der Waals surface area contributed by atoms with E-state index in [4.69, 9.17) is 9.47 Å². The van der Waals surface area contributed by atoms with Crippen LogP contribution in [0.3, 0.4) is 0 Å². The molecule has 5 heteroatoms. The molecule has 0 aromatic rings. The maximum atomic E-state index is 9.56. The molecule has 0 rings (SSSR count). The SMILES string of the molecule is CCCN(CC)COC(CC)(CC)CCSCCOC(CC)(CC)CO. The second kappa shape index (κ2) is 15.2. The van der Waals surface area contributed by atoms with Gasteiger partial charge >= 0.3 is 0 Å². The normalized spacial score (nSPS) is 12.9. The van der Waals surface area contributed by atoms with Crippen LogP contribution in [0.25, 0.3) is 0 Å². The number of thioether (sulfide) groups is 1. The lowest BCUT2D eigenvalue weighted by Crippen LogP contribution is -2.38. The average molecular weight is 392 g/mol. The van der Waals surface area contributed by atoms with Crippen LogP contribution in [0.5, 0.6) is 0 Å². The lowest BCUT2D eigenvalue weighted by atomic mass is 9.94. The largest absolute Gasteiger partial charge is 0.393 e. The molecular formula is C21H45NO3S. The standard InChI is InChI=1S/C21H45NO3S/c1-7-14-22(12-6)19-25-20(8-2,9-3)13-16-26-17-15-24-21(10-4,11-5)18-23/h23H,7-19H2,1-6H3. The monoisotopic (exact) mass is 391 g/mol. The van der Waals surface area contributed by atoms with Crippen molar-refractivity contribution in [1.29, 1.82) is 0 Å². The predicted octanol–water partition coefficient (Wildman–Crippen LogP) is 4.94. The summed E-state index contributed by atoms with van der Waals surface area (Å²) >= 11 is 1.93. The van der Waals surface area contributed by atoms with Gasteiger partial charge in [-0.2, -0.15) is 11.8 Å². The van der Waals surface area contributed by atoms with Gasteiger partial charge in [-0.1, -0.05) is 41.5 Å². The molecule has 0 fully saturated rings. The summed E-state index contributed by atoms with van der Waals surface area (Å²) in [6.45, 7) is 16.8. The zero-order valence-electron chi connectivity index (χ0n) is 18.3. The van der Waals surface area contributed by atoms with Gasteiger partial charge in [0.15, 0.2) is 0 Å². The molecule has 0 saturated carbocycles. The van der Waals surface area contributed by atoms with E-state index in [1.54, 1.807) is 0 Å². The lowest BCUT2D eigenvalue weighted by molar-refractivity contribution is -0.0990. The minimum Gasteiger partial charge on any atom is -0.393 e. The number of rotatable bonds is 18. The zero-order chi connectivity index (χ0) is 19.9. The molecule has 0 aromatic heterocycles. The van der Waals surface area contributed by atoms with Crippen LogP contribution in [0.15, 0.2) is 0 Å². The molecule has 0 bridgehead atoms. The van der Waals surface area contributed by atoms with Gasteiger partial charge < -0.3 is 14.6 Å². The zero-order valence-corrected chi connectivity index (χ0v) is 19.1. The summed E-state index contributed by atoms with van der Waals surface area (Å²) in [5, 5.41) is 9.56. The smallest absolute Gasteiger partial charge is 0.0997 e. The first kappa shape index (κ1) is 26.2. The Bertz CT molecular complexity index is 312. The average Bonchev–Trinajstić information content (AvgIpc) is 2.69. The van der Waals surface area contributed by atoms with Crippen LogP contribution < -0.4 is 0 Å². The van der Waals surface area contributed by atoms with E-state index in [9.17, 15) is 5.11 Å². The number of ether oxygens (including phenoxy) is 2. The maximum absolute atomic E-state index is 9.56. The fourth-order valence-electron chi connectivity index (χ4n) is 3.14. The molecule has 0 aliphatic rings. The van der Waals surface area contributed by atoms with Crippen molar-refractivity contribution >= 4 is 11.8 Å². The van der Waals surface area contributed by atoms with Crippen LogP contribution in [0.4, 0.5) is 0 Å². The first-order chi connectivity index (χ1) is 12.5. The number of hydrogen-bond donors (Lipinski definition) is 1. The minimum atomic E-state index is -0.344. The van der Waals surface area contributed by atoms with Gasteiger partial charge in [0.25, 0.3) is 0 Å². The van der Waals surface area contributed by atoms with Crippen LogP contribution in [0, 0.1) is 0 Å². The molecule has 0 radical (unpaired) electrons. The van der Waals surface area contributed by atoms with Crippen molar-refractivity contribution < 1.29 is 14.6 Å². The molecule has 0 saturated heterocycles. The Morgan fingerprint density at radius 2 is 1.46 bits per heavy atom. The first-order valence-electron chi connectivity index (χ1n) is 10.7.